The molecule has 0 saturated carbocycles. The van der Waals surface area contributed by atoms with Crippen molar-refractivity contribution in [3.8, 4) is 22.6 Å². The summed E-state index contributed by atoms with van der Waals surface area (Å²) >= 11 is 1.37. The van der Waals surface area contributed by atoms with Gasteiger partial charge in [-0.15, -0.1) is 0 Å². The topological polar surface area (TPSA) is 55.8 Å². The van der Waals surface area contributed by atoms with E-state index >= 15 is 0 Å². The number of carboxylic acids is 1. The number of carbonyl (C=O) groups is 1. The highest BCUT2D eigenvalue weighted by Gasteiger charge is 2.16. The van der Waals surface area contributed by atoms with E-state index in [2.05, 4.69) is 0 Å². The van der Waals surface area contributed by atoms with Gasteiger partial charge in [0, 0.05) is 10.9 Å². The van der Waals surface area contributed by atoms with Gasteiger partial charge < -0.3 is 14.6 Å². The summed E-state index contributed by atoms with van der Waals surface area (Å²) < 4.78 is 10.9. The third-order valence-corrected chi connectivity index (χ3v) is 3.49. The number of carboxylic acid groups (broad SMARTS) is 1. The van der Waals surface area contributed by atoms with E-state index in [1.807, 2.05) is 23.6 Å². The van der Waals surface area contributed by atoms with Crippen LogP contribution in [0.5, 0.6) is 11.5 Å². The Balaban J connectivity index is 2.06. The molecule has 0 aliphatic carbocycles. The van der Waals surface area contributed by atoms with Crippen LogP contribution in [0.1, 0.15) is 10.4 Å². The minimum atomic E-state index is -0.916. The van der Waals surface area contributed by atoms with Crippen molar-refractivity contribution >= 4 is 17.3 Å². The summed E-state index contributed by atoms with van der Waals surface area (Å²) in [6, 6.07) is 5.48. The van der Waals surface area contributed by atoms with Crippen molar-refractivity contribution in [1.82, 2.24) is 0 Å². The third kappa shape index (κ3) is 1.82. The first kappa shape index (κ1) is 11.1. The first-order chi connectivity index (χ1) is 8.75. The molecule has 0 spiro atoms. The second-order valence-electron chi connectivity index (χ2n) is 3.86. The van der Waals surface area contributed by atoms with Crippen LogP contribution in [0.3, 0.4) is 0 Å². The van der Waals surface area contributed by atoms with Crippen molar-refractivity contribution in [2.45, 2.75) is 0 Å². The molecule has 4 nitrogen and oxygen atoms in total. The van der Waals surface area contributed by atoms with Gasteiger partial charge in [-0.2, -0.15) is 11.3 Å². The van der Waals surface area contributed by atoms with E-state index in [9.17, 15) is 4.79 Å². The van der Waals surface area contributed by atoms with E-state index in [4.69, 9.17) is 14.6 Å². The predicted molar refractivity (Wildman–Crippen MR) is 67.7 cm³/mol. The van der Waals surface area contributed by atoms with Gasteiger partial charge in [-0.1, -0.05) is 6.07 Å². The lowest BCUT2D eigenvalue weighted by Crippen LogP contribution is -2.15. The molecule has 92 valence electrons. The van der Waals surface area contributed by atoms with Gasteiger partial charge in [0.1, 0.15) is 13.2 Å². The number of benzene rings is 1. The van der Waals surface area contributed by atoms with Crippen molar-refractivity contribution in [1.29, 1.82) is 0 Å². The molecule has 1 aromatic carbocycles. The highest BCUT2D eigenvalue weighted by molar-refractivity contribution is 7.08. The van der Waals surface area contributed by atoms with Crippen LogP contribution in [-0.4, -0.2) is 24.3 Å². The van der Waals surface area contributed by atoms with Crippen molar-refractivity contribution < 1.29 is 19.4 Å². The number of ether oxygens (including phenoxy) is 2. The van der Waals surface area contributed by atoms with Gasteiger partial charge in [0.2, 0.25) is 0 Å². The van der Waals surface area contributed by atoms with E-state index < -0.39 is 5.97 Å². The summed E-state index contributed by atoms with van der Waals surface area (Å²) in [5.41, 5.74) is 1.86. The molecule has 1 aromatic heterocycles. The molecule has 18 heavy (non-hydrogen) atoms. The van der Waals surface area contributed by atoms with Crippen LogP contribution in [0, 0.1) is 0 Å². The van der Waals surface area contributed by atoms with Gasteiger partial charge >= 0.3 is 5.97 Å². The van der Waals surface area contributed by atoms with E-state index in [-0.39, 0.29) is 0 Å². The molecule has 0 bridgehead atoms. The molecule has 0 fully saturated rings. The summed E-state index contributed by atoms with van der Waals surface area (Å²) in [6.07, 6.45) is 0. The quantitative estimate of drug-likeness (QED) is 0.904. The molecule has 0 amide bonds. The number of hydrogen-bond donors (Lipinski definition) is 1. The average Bonchev–Trinajstić information content (AvgIpc) is 2.87. The summed E-state index contributed by atoms with van der Waals surface area (Å²) in [4.78, 5) is 11.1. The SMILES string of the molecule is O=C(O)c1cscc1-c1ccc2c(c1)OCCO2. The lowest BCUT2D eigenvalue weighted by Gasteiger charge is -2.18. The summed E-state index contributed by atoms with van der Waals surface area (Å²) in [6.45, 7) is 1.07. The van der Waals surface area contributed by atoms with Crippen molar-refractivity contribution in [3.63, 3.8) is 0 Å². The zero-order valence-electron chi connectivity index (χ0n) is 9.38. The second kappa shape index (κ2) is 4.34. The number of hydrogen-bond acceptors (Lipinski definition) is 4. The Morgan fingerprint density at radius 2 is 1.94 bits per heavy atom. The smallest absolute Gasteiger partial charge is 0.337 e. The molecular weight excluding hydrogens is 252 g/mol. The molecular formula is C13H10O4S. The number of aromatic carboxylic acids is 1. The molecule has 1 aliphatic heterocycles. The number of rotatable bonds is 2. The molecule has 0 radical (unpaired) electrons. The van der Waals surface area contributed by atoms with Crippen molar-refractivity contribution in [2.75, 3.05) is 13.2 Å². The highest BCUT2D eigenvalue weighted by atomic mass is 32.1. The van der Waals surface area contributed by atoms with Crippen molar-refractivity contribution in [3.05, 3.63) is 34.5 Å². The molecule has 5 heteroatoms. The van der Waals surface area contributed by atoms with Gasteiger partial charge in [0.25, 0.3) is 0 Å². The normalized spacial score (nSPS) is 13.3. The summed E-state index contributed by atoms with van der Waals surface area (Å²) in [7, 11) is 0. The highest BCUT2D eigenvalue weighted by Crippen LogP contribution is 2.36. The Morgan fingerprint density at radius 1 is 1.17 bits per heavy atom. The summed E-state index contributed by atoms with van der Waals surface area (Å²) in [5.74, 6) is 0.458. The predicted octanol–water partition coefficient (Wildman–Crippen LogP) is 2.88. The minimum absolute atomic E-state index is 0.316. The molecule has 3 rings (SSSR count). The van der Waals surface area contributed by atoms with E-state index in [1.54, 1.807) is 5.38 Å². The van der Waals surface area contributed by atoms with E-state index in [0.717, 1.165) is 5.56 Å². The minimum Gasteiger partial charge on any atom is -0.486 e. The molecule has 0 atom stereocenters. The van der Waals surface area contributed by atoms with Gasteiger partial charge in [0.05, 0.1) is 5.56 Å². The second-order valence-corrected chi connectivity index (χ2v) is 4.61. The van der Waals surface area contributed by atoms with E-state index in [0.29, 0.717) is 35.8 Å². The lowest BCUT2D eigenvalue weighted by atomic mass is 10.0. The Labute approximate surface area is 107 Å². The zero-order valence-corrected chi connectivity index (χ0v) is 10.2. The maximum absolute atomic E-state index is 11.1. The van der Waals surface area contributed by atoms with Crippen LogP contribution in [0.2, 0.25) is 0 Å². The van der Waals surface area contributed by atoms with Crippen LogP contribution < -0.4 is 9.47 Å². The fourth-order valence-corrected chi connectivity index (χ4v) is 2.73. The van der Waals surface area contributed by atoms with Crippen molar-refractivity contribution in [2.24, 2.45) is 0 Å². The number of thiophene rings is 1. The molecule has 1 N–H and O–H groups in total. The van der Waals surface area contributed by atoms with Crippen LogP contribution in [-0.2, 0) is 0 Å². The Kier molecular flexibility index (Phi) is 2.68. The molecule has 2 heterocycles. The number of fused-ring (bicyclic) bond motifs is 1. The van der Waals surface area contributed by atoms with Crippen LogP contribution in [0.25, 0.3) is 11.1 Å². The maximum Gasteiger partial charge on any atom is 0.337 e. The molecule has 2 aromatic rings. The van der Waals surface area contributed by atoms with Crippen LogP contribution in [0.4, 0.5) is 0 Å². The first-order valence-electron chi connectivity index (χ1n) is 5.45. The Hall–Kier alpha value is -2.01. The molecule has 0 saturated heterocycles. The Morgan fingerprint density at radius 3 is 2.72 bits per heavy atom. The first-order valence-corrected chi connectivity index (χ1v) is 6.39. The van der Waals surface area contributed by atoms with Gasteiger partial charge in [-0.25, -0.2) is 4.79 Å². The third-order valence-electron chi connectivity index (χ3n) is 2.75. The Bertz CT molecular complexity index is 603. The lowest BCUT2D eigenvalue weighted by molar-refractivity contribution is 0.0698. The maximum atomic E-state index is 11.1. The van der Waals surface area contributed by atoms with Crippen LogP contribution >= 0.6 is 11.3 Å². The largest absolute Gasteiger partial charge is 0.486 e. The van der Waals surface area contributed by atoms with Gasteiger partial charge in [-0.3, -0.25) is 0 Å². The standard InChI is InChI=1S/C13H10O4S/c14-13(15)10-7-18-6-9(10)8-1-2-11-12(5-8)17-4-3-16-11/h1-2,5-7H,3-4H2,(H,14,15). The fraction of sp³-hybridized carbons (Fsp3) is 0.154. The van der Waals surface area contributed by atoms with Gasteiger partial charge in [-0.05, 0) is 23.1 Å². The monoisotopic (exact) mass is 262 g/mol. The zero-order chi connectivity index (χ0) is 12.5. The van der Waals surface area contributed by atoms with Crippen LogP contribution in [0.15, 0.2) is 29.0 Å². The van der Waals surface area contributed by atoms with E-state index in [1.165, 1.54) is 11.3 Å². The molecule has 0 unspecified atom stereocenters. The molecule has 1 aliphatic rings. The van der Waals surface area contributed by atoms with Gasteiger partial charge in [0.15, 0.2) is 11.5 Å². The average molecular weight is 262 g/mol. The summed E-state index contributed by atoms with van der Waals surface area (Å²) in [5, 5.41) is 12.6. The fourth-order valence-electron chi connectivity index (χ4n) is 1.90.